The number of aromatic amines is 1. The molecule has 5 aromatic carbocycles. The zero-order valence-corrected chi connectivity index (χ0v) is 18.4. The van der Waals surface area contributed by atoms with E-state index in [1.807, 2.05) is 12.1 Å². The molecule has 0 spiro atoms. The third-order valence-electron chi connectivity index (χ3n) is 6.32. The Morgan fingerprint density at radius 3 is 1.97 bits per heavy atom. The molecule has 0 aliphatic heterocycles. The van der Waals surface area contributed by atoms with Crippen molar-refractivity contribution in [2.45, 2.75) is 0 Å². The highest BCUT2D eigenvalue weighted by Gasteiger charge is 2.11. The number of hydrogen-bond acceptors (Lipinski definition) is 1. The van der Waals surface area contributed by atoms with Crippen LogP contribution in [0.4, 0.5) is 10.1 Å². The molecule has 4 heteroatoms. The Morgan fingerprint density at radius 1 is 0.618 bits per heavy atom. The maximum absolute atomic E-state index is 13.2. The maximum Gasteiger partial charge on any atom is 0.194 e. The van der Waals surface area contributed by atoms with Crippen LogP contribution in [0, 0.1) is 5.82 Å². The van der Waals surface area contributed by atoms with E-state index in [1.165, 1.54) is 28.5 Å². The van der Waals surface area contributed by atoms with Gasteiger partial charge in [-0.25, -0.2) is 4.39 Å². The van der Waals surface area contributed by atoms with Crippen molar-refractivity contribution in [2.75, 3.05) is 5.73 Å². The first kappa shape index (κ1) is 20.3. The molecule has 0 aliphatic carbocycles. The van der Waals surface area contributed by atoms with Crippen molar-refractivity contribution in [1.29, 1.82) is 0 Å². The van der Waals surface area contributed by atoms with Gasteiger partial charge in [-0.2, -0.15) is 0 Å². The van der Waals surface area contributed by atoms with E-state index in [0.717, 1.165) is 44.3 Å². The number of anilines is 1. The average Bonchev–Trinajstić information content (AvgIpc) is 3.25. The van der Waals surface area contributed by atoms with Gasteiger partial charge in [0.25, 0.3) is 0 Å². The van der Waals surface area contributed by atoms with Crippen LogP contribution in [-0.4, -0.2) is 12.3 Å². The van der Waals surface area contributed by atoms with Gasteiger partial charge in [0.1, 0.15) is 5.82 Å². The molecule has 0 amide bonds. The molecule has 0 fully saturated rings. The van der Waals surface area contributed by atoms with Crippen LogP contribution in [0.25, 0.3) is 44.1 Å². The molecule has 2 nitrogen and oxygen atoms in total. The summed E-state index contributed by atoms with van der Waals surface area (Å²) in [7, 11) is 2.19. The Hall–Kier alpha value is -4.31. The summed E-state index contributed by atoms with van der Waals surface area (Å²) >= 11 is 0. The Kier molecular flexibility index (Phi) is 4.92. The highest BCUT2D eigenvalue weighted by Crippen LogP contribution is 2.30. The minimum absolute atomic E-state index is 0.222. The third kappa shape index (κ3) is 3.73. The number of H-pyrrole nitrogens is 1. The first-order valence-corrected chi connectivity index (χ1v) is 11.3. The predicted molar refractivity (Wildman–Crippen MR) is 143 cm³/mol. The normalized spacial score (nSPS) is 11.2. The first-order chi connectivity index (χ1) is 16.6. The molecular weight excluding hydrogens is 418 g/mol. The number of halogens is 1. The van der Waals surface area contributed by atoms with Crippen molar-refractivity contribution < 1.29 is 4.39 Å². The van der Waals surface area contributed by atoms with Crippen LogP contribution in [0.5, 0.6) is 0 Å². The largest absolute Gasteiger partial charge is 0.399 e. The topological polar surface area (TPSA) is 41.8 Å². The first-order valence-electron chi connectivity index (χ1n) is 11.3. The van der Waals surface area contributed by atoms with Crippen LogP contribution in [0.1, 0.15) is 0 Å². The van der Waals surface area contributed by atoms with Gasteiger partial charge in [-0.1, -0.05) is 83.7 Å². The van der Waals surface area contributed by atoms with Crippen LogP contribution in [0.15, 0.2) is 109 Å². The minimum atomic E-state index is -0.222. The van der Waals surface area contributed by atoms with E-state index < -0.39 is 0 Å². The van der Waals surface area contributed by atoms with Crippen LogP contribution in [-0.2, 0) is 0 Å². The molecule has 0 saturated carbocycles. The summed E-state index contributed by atoms with van der Waals surface area (Å²) in [5.74, 6) is -0.222. The Bertz CT molecular complexity index is 1620. The molecule has 3 N–H and O–H groups in total. The number of para-hydroxylation sites is 1. The quantitative estimate of drug-likeness (QED) is 0.256. The van der Waals surface area contributed by atoms with Crippen LogP contribution in [0.2, 0.25) is 0 Å². The molecule has 0 bridgehead atoms. The second kappa shape index (κ2) is 8.24. The fraction of sp³-hybridized carbons (Fsp3) is 0. The van der Waals surface area contributed by atoms with Gasteiger partial charge in [-0.15, -0.1) is 0 Å². The average molecular weight is 439 g/mol. The summed E-state index contributed by atoms with van der Waals surface area (Å²) < 4.78 is 13.2. The minimum Gasteiger partial charge on any atom is -0.399 e. The monoisotopic (exact) mass is 439 g/mol. The van der Waals surface area contributed by atoms with Gasteiger partial charge in [0.15, 0.2) is 7.28 Å². The fourth-order valence-corrected chi connectivity index (χ4v) is 4.51. The van der Waals surface area contributed by atoms with Crippen molar-refractivity contribution in [3.8, 4) is 22.3 Å². The molecule has 1 heterocycles. The van der Waals surface area contributed by atoms with Crippen LogP contribution < -0.4 is 16.7 Å². The maximum atomic E-state index is 13.2. The second-order valence-corrected chi connectivity index (χ2v) is 8.55. The van der Waals surface area contributed by atoms with Gasteiger partial charge in [0.2, 0.25) is 0 Å². The number of fused-ring (bicyclic) bond motifs is 3. The highest BCUT2D eigenvalue weighted by atomic mass is 19.1. The summed E-state index contributed by atoms with van der Waals surface area (Å²) in [5, 5.41) is 2.40. The lowest BCUT2D eigenvalue weighted by Gasteiger charge is -2.06. The van der Waals surface area contributed by atoms with Crippen molar-refractivity contribution in [3.63, 3.8) is 0 Å². The standard InChI is InChI=1S/C30H21BFN2/c32-24-13-6-20(7-14-24)19-4-11-23(12-5-19)31-28-3-1-2-26-27-18-22(10-17-29(27)34-30(26)28)21-8-15-25(33)16-9-21/h1-18,34H,33H2. The van der Waals surface area contributed by atoms with E-state index in [9.17, 15) is 4.39 Å². The molecule has 6 rings (SSSR count). The zero-order valence-electron chi connectivity index (χ0n) is 18.4. The molecule has 0 atom stereocenters. The molecule has 1 radical (unpaired) electrons. The van der Waals surface area contributed by atoms with Crippen LogP contribution in [0.3, 0.4) is 0 Å². The van der Waals surface area contributed by atoms with E-state index in [0.29, 0.717) is 0 Å². The molecule has 0 unspecified atom stereocenters. The van der Waals surface area contributed by atoms with E-state index in [1.54, 1.807) is 12.1 Å². The Balaban J connectivity index is 1.34. The van der Waals surface area contributed by atoms with E-state index >= 15 is 0 Å². The number of nitrogen functional groups attached to an aromatic ring is 1. The molecule has 0 saturated heterocycles. The fourth-order valence-electron chi connectivity index (χ4n) is 4.51. The molecule has 0 aliphatic rings. The smallest absolute Gasteiger partial charge is 0.194 e. The summed E-state index contributed by atoms with van der Waals surface area (Å²) in [6, 6.07) is 35.8. The second-order valence-electron chi connectivity index (χ2n) is 8.55. The lowest BCUT2D eigenvalue weighted by Crippen LogP contribution is -2.27. The lowest BCUT2D eigenvalue weighted by molar-refractivity contribution is 0.628. The van der Waals surface area contributed by atoms with E-state index in [-0.39, 0.29) is 5.82 Å². The van der Waals surface area contributed by atoms with E-state index in [2.05, 4.69) is 85.1 Å². The van der Waals surface area contributed by atoms with Gasteiger partial charge in [-0.05, 0) is 58.7 Å². The van der Waals surface area contributed by atoms with Crippen molar-refractivity contribution in [1.82, 2.24) is 4.98 Å². The molecule has 34 heavy (non-hydrogen) atoms. The number of rotatable bonds is 4. The highest BCUT2D eigenvalue weighted by molar-refractivity contribution is 6.69. The Morgan fingerprint density at radius 2 is 1.24 bits per heavy atom. The zero-order chi connectivity index (χ0) is 23.1. The van der Waals surface area contributed by atoms with Gasteiger partial charge in [-0.3, -0.25) is 0 Å². The van der Waals surface area contributed by atoms with E-state index in [4.69, 9.17) is 5.73 Å². The summed E-state index contributed by atoms with van der Waals surface area (Å²) in [6.45, 7) is 0. The lowest BCUT2D eigenvalue weighted by atomic mass is 9.63. The number of nitrogens with one attached hydrogen (secondary N) is 1. The number of hydrogen-bond donors (Lipinski definition) is 2. The van der Waals surface area contributed by atoms with Gasteiger partial charge >= 0.3 is 0 Å². The van der Waals surface area contributed by atoms with Gasteiger partial charge in [0, 0.05) is 27.5 Å². The van der Waals surface area contributed by atoms with Crippen molar-refractivity contribution >= 4 is 45.7 Å². The summed E-state index contributed by atoms with van der Waals surface area (Å²) in [5.41, 5.74) is 15.5. The summed E-state index contributed by atoms with van der Waals surface area (Å²) in [6.07, 6.45) is 0. The SMILES string of the molecule is Nc1ccc(-c2ccc3[nH]c4c([B]c5ccc(-c6ccc(F)cc6)cc5)cccc4c3c2)cc1. The number of aromatic nitrogens is 1. The van der Waals surface area contributed by atoms with Gasteiger partial charge < -0.3 is 10.7 Å². The molecule has 6 aromatic rings. The third-order valence-corrected chi connectivity index (χ3v) is 6.32. The number of benzene rings is 5. The molecular formula is C30H21BFN2. The number of nitrogens with two attached hydrogens (primary N) is 1. The predicted octanol–water partition coefficient (Wildman–Crippen LogP) is 6.03. The Labute approximate surface area is 198 Å². The van der Waals surface area contributed by atoms with Crippen molar-refractivity contribution in [3.05, 3.63) is 115 Å². The van der Waals surface area contributed by atoms with Crippen LogP contribution >= 0.6 is 0 Å². The molecule has 1 aromatic heterocycles. The molecule has 161 valence electrons. The van der Waals surface area contributed by atoms with Crippen molar-refractivity contribution in [2.24, 2.45) is 0 Å². The van der Waals surface area contributed by atoms with Gasteiger partial charge in [0.05, 0.1) is 0 Å². The summed E-state index contributed by atoms with van der Waals surface area (Å²) in [4.78, 5) is 3.61.